The van der Waals surface area contributed by atoms with E-state index in [9.17, 15) is 22.8 Å². The Kier molecular flexibility index (Phi) is 5.19. The summed E-state index contributed by atoms with van der Waals surface area (Å²) in [6, 6.07) is 6.05. The number of amidine groups is 1. The maximum atomic E-state index is 12.5. The number of sulfonamides is 1. The van der Waals surface area contributed by atoms with E-state index in [-0.39, 0.29) is 41.8 Å². The highest BCUT2D eigenvalue weighted by atomic mass is 32.2. The Bertz CT molecular complexity index is 1350. The second-order valence-corrected chi connectivity index (χ2v) is 8.66. The number of rotatable bonds is 4. The molecule has 10 nitrogen and oxygen atoms in total. The number of amides is 1. The molecule has 1 N–H and O–H groups in total. The van der Waals surface area contributed by atoms with Gasteiger partial charge in [0.2, 0.25) is 5.91 Å². The van der Waals surface area contributed by atoms with Crippen LogP contribution in [0.25, 0.3) is 11.0 Å². The van der Waals surface area contributed by atoms with Gasteiger partial charge < -0.3 is 19.4 Å². The molecule has 31 heavy (non-hydrogen) atoms. The standard InChI is InChI=1S/C20H17N3O7S/c1-12(24)21-15-3-4-16-14(8-19(25)30-17(16)9-15)11-29-20(26)13-2-5-18-22-31(27,28)7-6-23(18)10-13/h2-5,8-10H,6-7,11H2,1H3,(H,21,24). The van der Waals surface area contributed by atoms with Crippen molar-refractivity contribution in [3.63, 3.8) is 0 Å². The van der Waals surface area contributed by atoms with Crippen molar-refractivity contribution in [2.45, 2.75) is 13.5 Å². The second-order valence-electron chi connectivity index (χ2n) is 6.91. The van der Waals surface area contributed by atoms with Gasteiger partial charge in [0.25, 0.3) is 10.0 Å². The Morgan fingerprint density at radius 1 is 1.26 bits per heavy atom. The van der Waals surface area contributed by atoms with E-state index in [4.69, 9.17) is 9.15 Å². The SMILES string of the molecule is CC(=O)Nc1ccc2c(COC(=O)C3=CN4CCS(=O)(=O)N=C4C=C3)cc(=O)oc2c1. The van der Waals surface area contributed by atoms with Crippen molar-refractivity contribution in [2.75, 3.05) is 17.6 Å². The lowest BCUT2D eigenvalue weighted by atomic mass is 10.1. The van der Waals surface area contributed by atoms with E-state index >= 15 is 0 Å². The molecule has 0 atom stereocenters. The van der Waals surface area contributed by atoms with Gasteiger partial charge in [-0.15, -0.1) is 4.40 Å². The molecule has 1 aromatic carbocycles. The summed E-state index contributed by atoms with van der Waals surface area (Å²) < 4.78 is 37.3. The molecule has 1 amide bonds. The number of benzene rings is 1. The number of hydrogen-bond acceptors (Lipinski definition) is 8. The zero-order valence-corrected chi connectivity index (χ0v) is 17.1. The van der Waals surface area contributed by atoms with Crippen LogP contribution in [0.3, 0.4) is 0 Å². The van der Waals surface area contributed by atoms with Gasteiger partial charge in [0.1, 0.15) is 18.0 Å². The van der Waals surface area contributed by atoms with E-state index in [1.54, 1.807) is 17.0 Å². The minimum Gasteiger partial charge on any atom is -0.457 e. The lowest BCUT2D eigenvalue weighted by Crippen LogP contribution is -2.37. The van der Waals surface area contributed by atoms with Gasteiger partial charge in [-0.05, 0) is 24.3 Å². The molecule has 0 saturated heterocycles. The van der Waals surface area contributed by atoms with Crippen molar-refractivity contribution in [3.8, 4) is 0 Å². The summed E-state index contributed by atoms with van der Waals surface area (Å²) in [7, 11) is -3.48. The van der Waals surface area contributed by atoms with Crippen LogP contribution >= 0.6 is 0 Å². The van der Waals surface area contributed by atoms with Gasteiger partial charge in [0.05, 0.1) is 11.3 Å². The van der Waals surface area contributed by atoms with Crippen LogP contribution in [-0.4, -0.2) is 43.3 Å². The van der Waals surface area contributed by atoms with Gasteiger partial charge in [0.15, 0.2) is 0 Å². The molecular weight excluding hydrogens is 426 g/mol. The van der Waals surface area contributed by atoms with Crippen molar-refractivity contribution in [1.82, 2.24) is 4.90 Å². The van der Waals surface area contributed by atoms with Crippen LogP contribution < -0.4 is 10.9 Å². The third-order valence-corrected chi connectivity index (χ3v) is 5.73. The minimum absolute atomic E-state index is 0.143. The molecule has 1 aromatic heterocycles. The largest absolute Gasteiger partial charge is 0.457 e. The Labute approximate surface area is 176 Å². The molecule has 2 aromatic rings. The monoisotopic (exact) mass is 443 g/mol. The summed E-state index contributed by atoms with van der Waals surface area (Å²) in [6.45, 7) is 1.37. The Hall–Kier alpha value is -3.73. The molecule has 0 spiro atoms. The molecule has 0 unspecified atom stereocenters. The summed E-state index contributed by atoms with van der Waals surface area (Å²) >= 11 is 0. The predicted octanol–water partition coefficient (Wildman–Crippen LogP) is 1.29. The predicted molar refractivity (Wildman–Crippen MR) is 112 cm³/mol. The molecule has 0 saturated carbocycles. The summed E-state index contributed by atoms with van der Waals surface area (Å²) in [4.78, 5) is 37.2. The van der Waals surface area contributed by atoms with E-state index in [0.717, 1.165) is 0 Å². The molecule has 2 aliphatic rings. The molecule has 11 heteroatoms. The molecule has 160 valence electrons. The minimum atomic E-state index is -3.48. The fourth-order valence-corrected chi connectivity index (χ4v) is 4.15. The van der Waals surface area contributed by atoms with Crippen LogP contribution in [-0.2, 0) is 31.0 Å². The van der Waals surface area contributed by atoms with Gasteiger partial charge in [0, 0.05) is 48.4 Å². The van der Waals surface area contributed by atoms with Crippen molar-refractivity contribution in [3.05, 3.63) is 64.2 Å². The first-order chi connectivity index (χ1) is 14.7. The van der Waals surface area contributed by atoms with Gasteiger partial charge in [-0.2, -0.15) is 0 Å². The Balaban J connectivity index is 1.52. The summed E-state index contributed by atoms with van der Waals surface area (Å²) in [5.74, 6) is -0.806. The van der Waals surface area contributed by atoms with Gasteiger partial charge in [-0.1, -0.05) is 0 Å². The number of nitrogens with zero attached hydrogens (tertiary/aromatic N) is 2. The Morgan fingerprint density at radius 3 is 2.84 bits per heavy atom. The first-order valence-corrected chi connectivity index (χ1v) is 10.8. The van der Waals surface area contributed by atoms with Gasteiger partial charge in [-0.3, -0.25) is 4.79 Å². The van der Waals surface area contributed by atoms with Crippen LogP contribution in [0, 0.1) is 0 Å². The van der Waals surface area contributed by atoms with Crippen LogP contribution in [0.5, 0.6) is 0 Å². The van der Waals surface area contributed by atoms with E-state index in [1.165, 1.54) is 37.4 Å². The van der Waals surface area contributed by atoms with Crippen LogP contribution in [0.15, 0.2) is 61.8 Å². The van der Waals surface area contributed by atoms with E-state index in [0.29, 0.717) is 16.6 Å². The molecule has 3 heterocycles. The Morgan fingerprint density at radius 2 is 2.06 bits per heavy atom. The average molecular weight is 443 g/mol. The molecule has 0 bridgehead atoms. The number of nitrogens with one attached hydrogen (secondary N) is 1. The zero-order chi connectivity index (χ0) is 22.2. The van der Waals surface area contributed by atoms with Crippen LogP contribution in [0.2, 0.25) is 0 Å². The maximum absolute atomic E-state index is 12.5. The third kappa shape index (κ3) is 4.56. The molecule has 0 radical (unpaired) electrons. The number of carbonyl (C=O) groups excluding carboxylic acids is 2. The van der Waals surface area contributed by atoms with Gasteiger partial charge >= 0.3 is 11.6 Å². The number of hydrogen-bond donors (Lipinski definition) is 1. The fourth-order valence-electron chi connectivity index (χ4n) is 3.18. The smallest absolute Gasteiger partial charge is 0.339 e. The van der Waals surface area contributed by atoms with E-state index in [2.05, 4.69) is 9.71 Å². The van der Waals surface area contributed by atoms with E-state index < -0.39 is 21.6 Å². The number of anilines is 1. The highest BCUT2D eigenvalue weighted by Gasteiger charge is 2.25. The quantitative estimate of drug-likeness (QED) is 0.552. The molecule has 0 aliphatic carbocycles. The number of carbonyl (C=O) groups is 2. The van der Waals surface area contributed by atoms with Crippen molar-refractivity contribution >= 4 is 44.4 Å². The maximum Gasteiger partial charge on any atom is 0.339 e. The molecule has 0 fully saturated rings. The fraction of sp³-hybridized carbons (Fsp3) is 0.200. The molecule has 2 aliphatic heterocycles. The first kappa shape index (κ1) is 20.5. The van der Waals surface area contributed by atoms with Crippen LogP contribution in [0.4, 0.5) is 5.69 Å². The van der Waals surface area contributed by atoms with Gasteiger partial charge in [-0.25, -0.2) is 18.0 Å². The van der Waals surface area contributed by atoms with Crippen LogP contribution in [0.1, 0.15) is 12.5 Å². The highest BCUT2D eigenvalue weighted by Crippen LogP contribution is 2.23. The molecule has 4 rings (SSSR count). The summed E-state index contributed by atoms with van der Waals surface area (Å²) in [6.07, 6.45) is 4.34. The zero-order valence-electron chi connectivity index (χ0n) is 16.3. The lowest BCUT2D eigenvalue weighted by molar-refractivity contribution is -0.139. The third-order valence-electron chi connectivity index (χ3n) is 4.57. The van der Waals surface area contributed by atoms with E-state index in [1.807, 2.05) is 0 Å². The first-order valence-electron chi connectivity index (χ1n) is 9.21. The molecular formula is C20H17N3O7S. The van der Waals surface area contributed by atoms with Crippen molar-refractivity contribution < 1.29 is 27.2 Å². The normalized spacial score (nSPS) is 16.9. The average Bonchev–Trinajstić information content (AvgIpc) is 2.70. The topological polar surface area (TPSA) is 135 Å². The summed E-state index contributed by atoms with van der Waals surface area (Å²) in [5.41, 5.74) is 0.762. The number of esters is 1. The number of ether oxygens (including phenoxy) is 1. The van der Waals surface area contributed by atoms with Crippen molar-refractivity contribution in [1.29, 1.82) is 0 Å². The highest BCUT2D eigenvalue weighted by molar-refractivity contribution is 7.90. The summed E-state index contributed by atoms with van der Waals surface area (Å²) in [5, 5.41) is 3.16. The number of fused-ring (bicyclic) bond motifs is 2. The lowest BCUT2D eigenvalue weighted by Gasteiger charge is -2.26. The second kappa shape index (κ2) is 7.84. The van der Waals surface area contributed by atoms with Crippen molar-refractivity contribution in [2.24, 2.45) is 4.40 Å².